The van der Waals surface area contributed by atoms with Crippen molar-refractivity contribution in [2.45, 2.75) is 18.9 Å². The number of fused-ring (bicyclic) bond motifs is 1. The Bertz CT molecular complexity index is 1440. The van der Waals surface area contributed by atoms with Crippen LogP contribution in [0.15, 0.2) is 61.7 Å². The largest absolute Gasteiger partial charge is 0.378 e. The Morgan fingerprint density at radius 2 is 1.72 bits per heavy atom. The van der Waals surface area contributed by atoms with Crippen molar-refractivity contribution in [3.63, 3.8) is 0 Å². The molecule has 0 unspecified atom stereocenters. The number of morpholine rings is 1. The molecule has 4 aromatic rings. The molecule has 0 saturated carbocycles. The van der Waals surface area contributed by atoms with Crippen LogP contribution < -0.4 is 20.4 Å². The van der Waals surface area contributed by atoms with Crippen LogP contribution in [0, 0.1) is 0 Å². The maximum atomic E-state index is 11.5. The third-order valence-corrected chi connectivity index (χ3v) is 7.15. The van der Waals surface area contributed by atoms with Gasteiger partial charge in [-0.15, -0.1) is 0 Å². The molecule has 0 aliphatic carbocycles. The van der Waals surface area contributed by atoms with E-state index >= 15 is 0 Å². The number of carbonyl (C=O) groups excluding carboxylic acids is 1. The fourth-order valence-corrected chi connectivity index (χ4v) is 5.04. The number of carbonyl (C=O) groups is 1. The van der Waals surface area contributed by atoms with Crippen molar-refractivity contribution in [1.29, 1.82) is 0 Å². The molecular formula is C28H31N9O2. The van der Waals surface area contributed by atoms with E-state index < -0.39 is 0 Å². The lowest BCUT2D eigenvalue weighted by Gasteiger charge is -2.32. The lowest BCUT2D eigenvalue weighted by Crippen LogP contribution is -2.44. The number of hydrogen-bond acceptors (Lipinski definition) is 9. The Hall–Kier alpha value is -4.51. The number of ether oxygens (including phenoxy) is 1. The summed E-state index contributed by atoms with van der Waals surface area (Å²) in [6, 6.07) is 10.5. The highest BCUT2D eigenvalue weighted by atomic mass is 16.5. The molecule has 5 heterocycles. The van der Waals surface area contributed by atoms with E-state index in [4.69, 9.17) is 4.74 Å². The van der Waals surface area contributed by atoms with Gasteiger partial charge in [0.1, 0.15) is 17.8 Å². The van der Waals surface area contributed by atoms with Crippen LogP contribution in [0.2, 0.25) is 0 Å². The van der Waals surface area contributed by atoms with E-state index in [0.29, 0.717) is 19.2 Å². The maximum absolute atomic E-state index is 11.5. The second-order valence-electron chi connectivity index (χ2n) is 9.69. The first-order valence-corrected chi connectivity index (χ1v) is 13.2. The number of piperidine rings is 1. The minimum atomic E-state index is -0.123. The minimum Gasteiger partial charge on any atom is -0.378 e. The van der Waals surface area contributed by atoms with Gasteiger partial charge in [0, 0.05) is 43.6 Å². The second kappa shape index (κ2) is 11.1. The third-order valence-electron chi connectivity index (χ3n) is 7.15. The Kier molecular flexibility index (Phi) is 7.05. The number of rotatable bonds is 7. The predicted octanol–water partition coefficient (Wildman–Crippen LogP) is 3.27. The monoisotopic (exact) mass is 525 g/mol. The van der Waals surface area contributed by atoms with Crippen LogP contribution in [-0.2, 0) is 9.53 Å². The van der Waals surface area contributed by atoms with Crippen molar-refractivity contribution < 1.29 is 9.53 Å². The van der Waals surface area contributed by atoms with Gasteiger partial charge in [0.2, 0.25) is 11.9 Å². The highest BCUT2D eigenvalue weighted by Crippen LogP contribution is 2.30. The lowest BCUT2D eigenvalue weighted by atomic mass is 10.1. The van der Waals surface area contributed by atoms with Crippen molar-refractivity contribution in [2.75, 3.05) is 54.5 Å². The van der Waals surface area contributed by atoms with E-state index in [-0.39, 0.29) is 11.9 Å². The van der Waals surface area contributed by atoms with E-state index in [1.54, 1.807) is 18.7 Å². The first-order valence-electron chi connectivity index (χ1n) is 13.2. The van der Waals surface area contributed by atoms with Gasteiger partial charge in [0.05, 0.1) is 36.7 Å². The van der Waals surface area contributed by atoms with Crippen molar-refractivity contribution in [2.24, 2.45) is 0 Å². The predicted molar refractivity (Wildman–Crippen MR) is 151 cm³/mol. The lowest BCUT2D eigenvalue weighted by molar-refractivity contribution is -0.117. The quantitative estimate of drug-likeness (QED) is 0.312. The number of aromatic amines is 1. The van der Waals surface area contributed by atoms with Crippen LogP contribution in [0.25, 0.3) is 22.3 Å². The summed E-state index contributed by atoms with van der Waals surface area (Å²) in [5.41, 5.74) is 4.64. The first kappa shape index (κ1) is 24.8. The summed E-state index contributed by atoms with van der Waals surface area (Å²) in [5.74, 6) is 1.51. The first-order chi connectivity index (χ1) is 19.2. The molecule has 11 heteroatoms. The second-order valence-corrected chi connectivity index (χ2v) is 9.69. The van der Waals surface area contributed by atoms with Crippen LogP contribution in [0.1, 0.15) is 12.8 Å². The van der Waals surface area contributed by atoms with Gasteiger partial charge in [0.15, 0.2) is 0 Å². The Labute approximate surface area is 226 Å². The molecule has 6 rings (SSSR count). The average Bonchev–Trinajstić information content (AvgIpc) is 3.43. The number of H-pyrrole nitrogens is 1. The Morgan fingerprint density at radius 3 is 2.44 bits per heavy atom. The van der Waals surface area contributed by atoms with Crippen molar-refractivity contribution in [3.8, 4) is 11.3 Å². The SMILES string of the molecule is C=CC(=O)NC1CCN(c2ncc(Nc3ccc(-c4cc5c(N6CCOCC6)ncnc5[nH]4)cc3)cn2)CC1. The van der Waals surface area contributed by atoms with Gasteiger partial charge >= 0.3 is 0 Å². The minimum absolute atomic E-state index is 0.123. The van der Waals surface area contributed by atoms with Crippen LogP contribution in [0.4, 0.5) is 23.1 Å². The van der Waals surface area contributed by atoms with Gasteiger partial charge in [-0.05, 0) is 42.7 Å². The van der Waals surface area contributed by atoms with Crippen LogP contribution in [0.3, 0.4) is 0 Å². The molecule has 2 fully saturated rings. The number of hydrogen-bond donors (Lipinski definition) is 3. The topological polar surface area (TPSA) is 124 Å². The van der Waals surface area contributed by atoms with E-state index in [1.807, 2.05) is 12.1 Å². The van der Waals surface area contributed by atoms with Crippen LogP contribution in [0.5, 0.6) is 0 Å². The van der Waals surface area contributed by atoms with Crippen molar-refractivity contribution >= 4 is 40.1 Å². The molecule has 3 N–H and O–H groups in total. The van der Waals surface area contributed by atoms with Gasteiger partial charge in [0.25, 0.3) is 0 Å². The van der Waals surface area contributed by atoms with Gasteiger partial charge in [-0.2, -0.15) is 0 Å². The van der Waals surface area contributed by atoms with E-state index in [9.17, 15) is 4.79 Å². The summed E-state index contributed by atoms with van der Waals surface area (Å²) in [4.78, 5) is 37.5. The fraction of sp³-hybridized carbons (Fsp3) is 0.321. The number of nitrogens with one attached hydrogen (secondary N) is 3. The number of nitrogens with zero attached hydrogens (tertiary/aromatic N) is 6. The molecule has 1 amide bonds. The van der Waals surface area contributed by atoms with Crippen molar-refractivity contribution in [1.82, 2.24) is 30.2 Å². The van der Waals surface area contributed by atoms with Gasteiger partial charge in [-0.3, -0.25) is 4.79 Å². The summed E-state index contributed by atoms with van der Waals surface area (Å²) in [6.45, 7) is 8.17. The highest BCUT2D eigenvalue weighted by molar-refractivity contribution is 5.92. The normalized spacial score (nSPS) is 16.3. The van der Waals surface area contributed by atoms with E-state index in [2.05, 4.69) is 70.1 Å². The fourth-order valence-electron chi connectivity index (χ4n) is 5.04. The average molecular weight is 526 g/mol. The molecule has 39 heavy (non-hydrogen) atoms. The zero-order valence-electron chi connectivity index (χ0n) is 21.6. The Balaban J connectivity index is 1.09. The Morgan fingerprint density at radius 1 is 0.974 bits per heavy atom. The van der Waals surface area contributed by atoms with Crippen LogP contribution >= 0.6 is 0 Å². The number of anilines is 4. The van der Waals surface area contributed by atoms with E-state index in [1.165, 1.54) is 6.08 Å². The summed E-state index contributed by atoms with van der Waals surface area (Å²) >= 11 is 0. The summed E-state index contributed by atoms with van der Waals surface area (Å²) < 4.78 is 5.49. The summed E-state index contributed by atoms with van der Waals surface area (Å²) in [5, 5.41) is 7.35. The number of benzene rings is 1. The zero-order valence-corrected chi connectivity index (χ0v) is 21.6. The summed E-state index contributed by atoms with van der Waals surface area (Å²) in [6.07, 6.45) is 8.23. The molecule has 3 aromatic heterocycles. The standard InChI is InChI=1S/C28H31N9O2/c1-2-25(38)34-21-7-9-37(10-8-21)28-29-16-22(17-30-28)33-20-5-3-19(4-6-20)24-15-23-26(35-24)31-18-32-27(23)36-11-13-39-14-12-36/h2-6,15-18,21,33H,1,7-14H2,(H,34,38)(H,31,32,35). The molecule has 200 valence electrons. The maximum Gasteiger partial charge on any atom is 0.243 e. The van der Waals surface area contributed by atoms with Crippen molar-refractivity contribution in [3.05, 3.63) is 61.7 Å². The van der Waals surface area contributed by atoms with Gasteiger partial charge < -0.3 is 30.2 Å². The third kappa shape index (κ3) is 5.53. The smallest absolute Gasteiger partial charge is 0.243 e. The molecule has 2 saturated heterocycles. The summed E-state index contributed by atoms with van der Waals surface area (Å²) in [7, 11) is 0. The number of amides is 1. The zero-order chi connectivity index (χ0) is 26.6. The molecule has 0 radical (unpaired) electrons. The molecule has 11 nitrogen and oxygen atoms in total. The van der Waals surface area contributed by atoms with Gasteiger partial charge in [-0.1, -0.05) is 18.7 Å². The molecule has 0 spiro atoms. The van der Waals surface area contributed by atoms with E-state index in [0.717, 1.165) is 78.5 Å². The molecule has 1 aromatic carbocycles. The highest BCUT2D eigenvalue weighted by Gasteiger charge is 2.22. The molecule has 0 bridgehead atoms. The molecular weight excluding hydrogens is 494 g/mol. The molecule has 2 aliphatic heterocycles. The van der Waals surface area contributed by atoms with Gasteiger partial charge in [-0.25, -0.2) is 19.9 Å². The number of aromatic nitrogens is 5. The molecule has 2 aliphatic rings. The molecule has 0 atom stereocenters. The van der Waals surface area contributed by atoms with Crippen LogP contribution in [-0.4, -0.2) is 76.3 Å².